The van der Waals surface area contributed by atoms with Crippen molar-refractivity contribution in [2.45, 2.75) is 25.0 Å². The molecule has 0 radical (unpaired) electrons. The number of amides is 1. The van der Waals surface area contributed by atoms with E-state index in [0.29, 0.717) is 23.5 Å². The van der Waals surface area contributed by atoms with Gasteiger partial charge in [0.25, 0.3) is 0 Å². The van der Waals surface area contributed by atoms with Crippen LogP contribution in [0.4, 0.5) is 0 Å². The number of aromatic nitrogens is 1. The third kappa shape index (κ3) is 3.42. The Morgan fingerprint density at radius 2 is 2.00 bits per heavy atom. The fourth-order valence-corrected chi connectivity index (χ4v) is 3.79. The molecule has 0 unspecified atom stereocenters. The number of carbonyl (C=O) groups excluding carboxylic acids is 1. The molecule has 1 amide bonds. The van der Waals surface area contributed by atoms with E-state index in [1.807, 2.05) is 6.07 Å². The number of pyridine rings is 1. The number of hydrogen-bond acceptors (Lipinski definition) is 4. The van der Waals surface area contributed by atoms with Crippen molar-refractivity contribution in [1.29, 1.82) is 0 Å². The molecule has 25 heavy (non-hydrogen) atoms. The number of morpholine rings is 1. The van der Waals surface area contributed by atoms with E-state index in [-0.39, 0.29) is 23.5 Å². The smallest absolute Gasteiger partial charge is 0.246 e. The van der Waals surface area contributed by atoms with E-state index in [9.17, 15) is 9.59 Å². The molecule has 0 aliphatic carbocycles. The topological polar surface area (TPSA) is 74.4 Å². The van der Waals surface area contributed by atoms with Crippen molar-refractivity contribution in [1.82, 2.24) is 15.2 Å². The van der Waals surface area contributed by atoms with Gasteiger partial charge in [0.15, 0.2) is 5.43 Å². The highest BCUT2D eigenvalue weighted by Crippen LogP contribution is 2.28. The first-order chi connectivity index (χ1) is 12.0. The van der Waals surface area contributed by atoms with E-state index < -0.39 is 0 Å². The summed E-state index contributed by atoms with van der Waals surface area (Å²) in [6.07, 6.45) is 1.75. The average Bonchev–Trinajstić information content (AvgIpc) is 2.61. The van der Waals surface area contributed by atoms with Gasteiger partial charge in [-0.05, 0) is 31.0 Å². The van der Waals surface area contributed by atoms with E-state index >= 15 is 0 Å². The largest absolute Gasteiger partial charge is 0.363 e. The van der Waals surface area contributed by atoms with Gasteiger partial charge in [-0.2, -0.15) is 0 Å². The minimum atomic E-state index is -0.224. The third-order valence-electron chi connectivity index (χ3n) is 5.13. The molecule has 2 N–H and O–H groups in total. The summed E-state index contributed by atoms with van der Waals surface area (Å²) in [6.45, 7) is 3.18. The molecule has 3 heterocycles. The molecule has 4 rings (SSSR count). The van der Waals surface area contributed by atoms with Crippen molar-refractivity contribution in [3.8, 4) is 0 Å². The standard InChI is InChI=1S/C18H20ClN3O3/c19-12-1-2-15-14(7-12)16(23)8-13(21-15)9-22-5-3-18(4-6-22)11-20-17(24)10-25-18/h1-2,7-8H,3-6,9-11H2,(H,20,24)(H,21,23). The SMILES string of the molecule is O=C1COC2(CCN(Cc3cc(=O)c4cc(Cl)ccc4[nH]3)CC2)CN1. The Balaban J connectivity index is 1.45. The van der Waals surface area contributed by atoms with Crippen LogP contribution in [0, 0.1) is 0 Å². The van der Waals surface area contributed by atoms with Crippen LogP contribution in [-0.2, 0) is 16.1 Å². The summed E-state index contributed by atoms with van der Waals surface area (Å²) in [5.74, 6) is -0.0399. The van der Waals surface area contributed by atoms with Crippen LogP contribution in [0.15, 0.2) is 29.1 Å². The van der Waals surface area contributed by atoms with E-state index in [2.05, 4.69) is 15.2 Å². The van der Waals surface area contributed by atoms with E-state index in [0.717, 1.165) is 37.1 Å². The summed E-state index contributed by atoms with van der Waals surface area (Å²) in [6, 6.07) is 6.97. The molecule has 2 saturated heterocycles. The summed E-state index contributed by atoms with van der Waals surface area (Å²) in [4.78, 5) is 29.2. The lowest BCUT2D eigenvalue weighted by Crippen LogP contribution is -2.57. The number of piperidine rings is 1. The van der Waals surface area contributed by atoms with Crippen LogP contribution >= 0.6 is 11.6 Å². The van der Waals surface area contributed by atoms with Crippen molar-refractivity contribution in [3.05, 3.63) is 45.2 Å². The summed E-state index contributed by atoms with van der Waals surface area (Å²) in [5.41, 5.74) is 1.46. The van der Waals surface area contributed by atoms with E-state index in [4.69, 9.17) is 16.3 Å². The van der Waals surface area contributed by atoms with Gasteiger partial charge in [-0.3, -0.25) is 14.5 Å². The lowest BCUT2D eigenvalue weighted by Gasteiger charge is -2.43. The van der Waals surface area contributed by atoms with Crippen molar-refractivity contribution in [3.63, 3.8) is 0 Å². The van der Waals surface area contributed by atoms with Gasteiger partial charge in [0, 0.05) is 53.9 Å². The minimum Gasteiger partial charge on any atom is -0.363 e. The predicted molar refractivity (Wildman–Crippen MR) is 95.8 cm³/mol. The number of likely N-dealkylation sites (tertiary alicyclic amines) is 1. The van der Waals surface area contributed by atoms with Crippen LogP contribution in [0.3, 0.4) is 0 Å². The van der Waals surface area contributed by atoms with Crippen LogP contribution in [0.25, 0.3) is 10.9 Å². The minimum absolute atomic E-state index is 0.0157. The van der Waals surface area contributed by atoms with Crippen LogP contribution < -0.4 is 10.7 Å². The number of nitrogens with one attached hydrogen (secondary N) is 2. The van der Waals surface area contributed by atoms with Gasteiger partial charge in [-0.25, -0.2) is 0 Å². The van der Waals surface area contributed by atoms with Crippen molar-refractivity contribution >= 4 is 28.4 Å². The molecule has 132 valence electrons. The molecule has 0 atom stereocenters. The number of carbonyl (C=O) groups is 1. The number of benzene rings is 1. The first-order valence-electron chi connectivity index (χ1n) is 8.48. The molecule has 1 aromatic heterocycles. The number of halogens is 1. The molecule has 0 saturated carbocycles. The second kappa shape index (κ2) is 6.44. The quantitative estimate of drug-likeness (QED) is 0.853. The number of aromatic amines is 1. The van der Waals surface area contributed by atoms with Gasteiger partial charge < -0.3 is 15.0 Å². The summed E-state index contributed by atoms with van der Waals surface area (Å²) < 4.78 is 5.80. The second-order valence-corrected chi connectivity index (χ2v) is 7.31. The molecule has 1 aromatic carbocycles. The Kier molecular flexibility index (Phi) is 4.27. The van der Waals surface area contributed by atoms with Crippen LogP contribution in [0.2, 0.25) is 5.02 Å². The summed E-state index contributed by atoms with van der Waals surface area (Å²) in [7, 11) is 0. The van der Waals surface area contributed by atoms with Gasteiger partial charge in [-0.15, -0.1) is 0 Å². The number of nitrogens with zero attached hydrogens (tertiary/aromatic N) is 1. The van der Waals surface area contributed by atoms with Gasteiger partial charge >= 0.3 is 0 Å². The first kappa shape index (κ1) is 16.6. The number of rotatable bonds is 2. The highest BCUT2D eigenvalue weighted by atomic mass is 35.5. The number of hydrogen-bond donors (Lipinski definition) is 2. The van der Waals surface area contributed by atoms with Crippen LogP contribution in [0.5, 0.6) is 0 Å². The normalized spacial score (nSPS) is 20.8. The number of ether oxygens (including phenoxy) is 1. The number of H-pyrrole nitrogens is 1. The molecule has 2 aromatic rings. The maximum Gasteiger partial charge on any atom is 0.246 e. The molecule has 2 aliphatic heterocycles. The molecule has 2 fully saturated rings. The van der Waals surface area contributed by atoms with Crippen LogP contribution in [0.1, 0.15) is 18.5 Å². The molecule has 0 bridgehead atoms. The Morgan fingerprint density at radius 1 is 1.20 bits per heavy atom. The maximum absolute atomic E-state index is 12.3. The predicted octanol–water partition coefficient (Wildman–Crippen LogP) is 1.66. The van der Waals surface area contributed by atoms with Crippen molar-refractivity contribution in [2.24, 2.45) is 0 Å². The van der Waals surface area contributed by atoms with E-state index in [1.165, 1.54) is 0 Å². The molecule has 1 spiro atoms. The first-order valence-corrected chi connectivity index (χ1v) is 8.85. The Hall–Kier alpha value is -1.89. The molecular formula is C18H20ClN3O3. The molecule has 7 heteroatoms. The summed E-state index contributed by atoms with van der Waals surface area (Å²) >= 11 is 5.97. The third-order valence-corrected chi connectivity index (χ3v) is 5.36. The van der Waals surface area contributed by atoms with Gasteiger partial charge in [0.05, 0.1) is 5.60 Å². The van der Waals surface area contributed by atoms with Gasteiger partial charge in [0.1, 0.15) is 6.61 Å². The van der Waals surface area contributed by atoms with Crippen LogP contribution in [-0.4, -0.2) is 47.6 Å². The van der Waals surface area contributed by atoms with Gasteiger partial charge in [-0.1, -0.05) is 11.6 Å². The molecule has 6 nitrogen and oxygen atoms in total. The highest BCUT2D eigenvalue weighted by molar-refractivity contribution is 6.31. The summed E-state index contributed by atoms with van der Waals surface area (Å²) in [5, 5.41) is 4.07. The fourth-order valence-electron chi connectivity index (χ4n) is 3.62. The maximum atomic E-state index is 12.3. The van der Waals surface area contributed by atoms with Crippen molar-refractivity contribution < 1.29 is 9.53 Å². The molecular weight excluding hydrogens is 342 g/mol. The highest BCUT2D eigenvalue weighted by Gasteiger charge is 2.38. The number of fused-ring (bicyclic) bond motifs is 1. The zero-order valence-corrected chi connectivity index (χ0v) is 14.6. The lowest BCUT2D eigenvalue weighted by molar-refractivity contribution is -0.150. The van der Waals surface area contributed by atoms with E-state index in [1.54, 1.807) is 18.2 Å². The van der Waals surface area contributed by atoms with Gasteiger partial charge in [0.2, 0.25) is 5.91 Å². The second-order valence-electron chi connectivity index (χ2n) is 6.87. The Morgan fingerprint density at radius 3 is 2.72 bits per heavy atom. The zero-order valence-electron chi connectivity index (χ0n) is 13.8. The monoisotopic (exact) mass is 361 g/mol. The lowest BCUT2D eigenvalue weighted by atomic mass is 9.90. The Bertz CT molecular complexity index is 859. The van der Waals surface area contributed by atoms with Crippen molar-refractivity contribution in [2.75, 3.05) is 26.2 Å². The average molecular weight is 362 g/mol. The molecule has 2 aliphatic rings. The fraction of sp³-hybridized carbons (Fsp3) is 0.444. The zero-order chi connectivity index (χ0) is 17.4. The Labute approximate surface area is 150 Å².